The van der Waals surface area contributed by atoms with E-state index in [9.17, 15) is 5.11 Å². The fourth-order valence-corrected chi connectivity index (χ4v) is 2.06. The van der Waals surface area contributed by atoms with Crippen LogP contribution < -0.4 is 0 Å². The molecule has 1 unspecified atom stereocenters. The summed E-state index contributed by atoms with van der Waals surface area (Å²) in [7, 11) is 0. The van der Waals surface area contributed by atoms with E-state index in [-0.39, 0.29) is 12.0 Å². The largest absolute Gasteiger partial charge is 0.472 e. The van der Waals surface area contributed by atoms with Gasteiger partial charge in [-0.25, -0.2) is 0 Å². The summed E-state index contributed by atoms with van der Waals surface area (Å²) in [4.78, 5) is 0. The molecule has 1 atom stereocenters. The summed E-state index contributed by atoms with van der Waals surface area (Å²) in [6, 6.07) is 1.95. The summed E-state index contributed by atoms with van der Waals surface area (Å²) in [6.07, 6.45) is 6.34. The minimum absolute atomic E-state index is 0.0812. The van der Waals surface area contributed by atoms with Gasteiger partial charge in [-0.1, -0.05) is 0 Å². The Morgan fingerprint density at radius 2 is 2.43 bits per heavy atom. The van der Waals surface area contributed by atoms with Crippen molar-refractivity contribution in [2.45, 2.75) is 19.3 Å². The van der Waals surface area contributed by atoms with Crippen LogP contribution >= 0.6 is 0 Å². The second kappa shape index (κ2) is 4.15. The molecule has 2 heterocycles. The fraction of sp³-hybridized carbons (Fsp3) is 0.636. The smallest absolute Gasteiger partial charge is 0.0934 e. The van der Waals surface area contributed by atoms with Crippen LogP contribution in [0, 0.1) is 5.41 Å². The molecule has 0 aromatic carbocycles. The van der Waals surface area contributed by atoms with Gasteiger partial charge in [0.05, 0.1) is 25.7 Å². The molecule has 1 fully saturated rings. The van der Waals surface area contributed by atoms with Crippen LogP contribution in [0.25, 0.3) is 0 Å². The van der Waals surface area contributed by atoms with E-state index in [1.54, 1.807) is 12.5 Å². The van der Waals surface area contributed by atoms with Crippen LogP contribution in [-0.4, -0.2) is 24.9 Å². The van der Waals surface area contributed by atoms with Crippen molar-refractivity contribution in [2.75, 3.05) is 19.8 Å². The lowest BCUT2D eigenvalue weighted by atomic mass is 9.78. The van der Waals surface area contributed by atoms with E-state index < -0.39 is 0 Å². The first-order valence-electron chi connectivity index (χ1n) is 5.04. The van der Waals surface area contributed by atoms with Crippen LogP contribution in [0.5, 0.6) is 0 Å². The third kappa shape index (κ3) is 1.99. The lowest BCUT2D eigenvalue weighted by molar-refractivity contribution is -0.0379. The van der Waals surface area contributed by atoms with Crippen molar-refractivity contribution in [1.82, 2.24) is 0 Å². The van der Waals surface area contributed by atoms with Crippen molar-refractivity contribution < 1.29 is 14.3 Å². The Morgan fingerprint density at radius 1 is 1.50 bits per heavy atom. The summed E-state index contributed by atoms with van der Waals surface area (Å²) in [5, 5.41) is 9.43. The van der Waals surface area contributed by atoms with E-state index in [2.05, 4.69) is 0 Å². The highest BCUT2D eigenvalue weighted by molar-refractivity contribution is 5.09. The van der Waals surface area contributed by atoms with E-state index in [1.165, 1.54) is 0 Å². The topological polar surface area (TPSA) is 42.6 Å². The normalized spacial score (nSPS) is 27.8. The lowest BCUT2D eigenvalue weighted by Crippen LogP contribution is -2.37. The Hall–Kier alpha value is -0.800. The molecule has 78 valence electrons. The van der Waals surface area contributed by atoms with Crippen LogP contribution in [0.1, 0.15) is 18.4 Å². The molecule has 0 aliphatic carbocycles. The molecule has 1 saturated heterocycles. The van der Waals surface area contributed by atoms with Gasteiger partial charge in [-0.2, -0.15) is 0 Å². The number of aliphatic hydroxyl groups is 1. The molecule has 14 heavy (non-hydrogen) atoms. The zero-order valence-corrected chi connectivity index (χ0v) is 8.24. The molecule has 0 radical (unpaired) electrons. The number of aliphatic hydroxyl groups excluding tert-OH is 1. The van der Waals surface area contributed by atoms with E-state index >= 15 is 0 Å². The summed E-state index contributed by atoms with van der Waals surface area (Å²) in [5.41, 5.74) is 1.06. The maximum absolute atomic E-state index is 9.43. The quantitative estimate of drug-likeness (QED) is 0.798. The first kappa shape index (κ1) is 9.74. The SMILES string of the molecule is OCC1(Cc2ccoc2)CCCOC1. The van der Waals surface area contributed by atoms with Crippen LogP contribution in [0.15, 0.2) is 23.0 Å². The summed E-state index contributed by atoms with van der Waals surface area (Å²) >= 11 is 0. The van der Waals surface area contributed by atoms with Crippen LogP contribution in [-0.2, 0) is 11.2 Å². The lowest BCUT2D eigenvalue weighted by Gasteiger charge is -2.35. The van der Waals surface area contributed by atoms with Gasteiger partial charge in [-0.3, -0.25) is 0 Å². The average molecular weight is 196 g/mol. The molecular formula is C11H16O3. The zero-order chi connectivity index (χ0) is 9.86. The van der Waals surface area contributed by atoms with Gasteiger partial charge < -0.3 is 14.3 Å². The van der Waals surface area contributed by atoms with Gasteiger partial charge in [0.2, 0.25) is 0 Å². The predicted molar refractivity (Wildman–Crippen MR) is 52.0 cm³/mol. The van der Waals surface area contributed by atoms with Gasteiger partial charge in [0.1, 0.15) is 0 Å². The Kier molecular flexibility index (Phi) is 2.89. The molecule has 1 aliphatic rings. The monoisotopic (exact) mass is 196 g/mol. The molecule has 1 aromatic heterocycles. The second-order valence-corrected chi connectivity index (χ2v) is 4.12. The van der Waals surface area contributed by atoms with Gasteiger partial charge in [0.15, 0.2) is 0 Å². The Balaban J connectivity index is 2.04. The van der Waals surface area contributed by atoms with Gasteiger partial charge in [0.25, 0.3) is 0 Å². The van der Waals surface area contributed by atoms with Crippen molar-refractivity contribution in [1.29, 1.82) is 0 Å². The molecule has 2 rings (SSSR count). The van der Waals surface area contributed by atoms with Gasteiger partial charge in [-0.15, -0.1) is 0 Å². The second-order valence-electron chi connectivity index (χ2n) is 4.12. The maximum atomic E-state index is 9.43. The Labute approximate surface area is 83.7 Å². The predicted octanol–water partition coefficient (Wildman–Crippen LogP) is 1.61. The van der Waals surface area contributed by atoms with Crippen molar-refractivity contribution in [2.24, 2.45) is 5.41 Å². The average Bonchev–Trinajstić information content (AvgIpc) is 2.72. The van der Waals surface area contributed by atoms with Gasteiger partial charge >= 0.3 is 0 Å². The fourth-order valence-electron chi connectivity index (χ4n) is 2.06. The molecule has 0 spiro atoms. The first-order chi connectivity index (χ1) is 6.85. The van der Waals surface area contributed by atoms with Gasteiger partial charge in [-0.05, 0) is 30.9 Å². The Bertz CT molecular complexity index is 260. The summed E-state index contributed by atoms with van der Waals surface area (Å²) < 4.78 is 10.5. The molecule has 1 aromatic rings. The van der Waals surface area contributed by atoms with Crippen LogP contribution in [0.4, 0.5) is 0 Å². The van der Waals surface area contributed by atoms with E-state index in [4.69, 9.17) is 9.15 Å². The highest BCUT2D eigenvalue weighted by Gasteiger charge is 2.32. The van der Waals surface area contributed by atoms with Crippen LogP contribution in [0.2, 0.25) is 0 Å². The highest BCUT2D eigenvalue weighted by atomic mass is 16.5. The number of hydrogen-bond acceptors (Lipinski definition) is 3. The zero-order valence-electron chi connectivity index (χ0n) is 8.24. The van der Waals surface area contributed by atoms with E-state index in [1.807, 2.05) is 6.07 Å². The molecule has 3 heteroatoms. The Morgan fingerprint density at radius 3 is 3.00 bits per heavy atom. The van der Waals surface area contributed by atoms with Crippen molar-refractivity contribution >= 4 is 0 Å². The van der Waals surface area contributed by atoms with Gasteiger partial charge in [0, 0.05) is 12.0 Å². The number of rotatable bonds is 3. The van der Waals surface area contributed by atoms with E-state index in [0.717, 1.165) is 31.4 Å². The highest BCUT2D eigenvalue weighted by Crippen LogP contribution is 2.32. The first-order valence-corrected chi connectivity index (χ1v) is 5.04. The summed E-state index contributed by atoms with van der Waals surface area (Å²) in [5.74, 6) is 0. The molecular weight excluding hydrogens is 180 g/mol. The molecule has 0 bridgehead atoms. The van der Waals surface area contributed by atoms with Crippen molar-refractivity contribution in [3.63, 3.8) is 0 Å². The number of furan rings is 1. The molecule has 1 aliphatic heterocycles. The maximum Gasteiger partial charge on any atom is 0.0934 e. The standard InChI is InChI=1S/C11H16O3/c12-8-11(3-1-4-14-9-11)6-10-2-5-13-7-10/h2,5,7,12H,1,3-4,6,8-9H2. The third-order valence-electron chi connectivity index (χ3n) is 2.90. The third-order valence-corrected chi connectivity index (χ3v) is 2.90. The molecule has 3 nitrogen and oxygen atoms in total. The van der Waals surface area contributed by atoms with Crippen molar-refractivity contribution in [3.05, 3.63) is 24.2 Å². The molecule has 0 saturated carbocycles. The number of hydrogen-bond donors (Lipinski definition) is 1. The number of ether oxygens (including phenoxy) is 1. The molecule has 0 amide bonds. The minimum Gasteiger partial charge on any atom is -0.472 e. The van der Waals surface area contributed by atoms with Crippen molar-refractivity contribution in [3.8, 4) is 0 Å². The minimum atomic E-state index is -0.0812. The van der Waals surface area contributed by atoms with E-state index in [0.29, 0.717) is 6.61 Å². The molecule has 1 N–H and O–H groups in total. The van der Waals surface area contributed by atoms with Crippen LogP contribution in [0.3, 0.4) is 0 Å². The summed E-state index contributed by atoms with van der Waals surface area (Å²) in [6.45, 7) is 1.68.